The molecule has 82 valence electrons. The number of carbonyl (C=O) groups is 1. The van der Waals surface area contributed by atoms with Crippen molar-refractivity contribution >= 4 is 23.1 Å². The first-order chi connectivity index (χ1) is 7.74. The van der Waals surface area contributed by atoms with Gasteiger partial charge in [0.05, 0.1) is 12.6 Å². The van der Waals surface area contributed by atoms with Crippen LogP contribution < -0.4 is 5.32 Å². The summed E-state index contributed by atoms with van der Waals surface area (Å²) in [5.41, 5.74) is 0. The predicted octanol–water partition coefficient (Wildman–Crippen LogP) is 2.46. The quantitative estimate of drug-likeness (QED) is 0.889. The van der Waals surface area contributed by atoms with Gasteiger partial charge < -0.3 is 5.32 Å². The van der Waals surface area contributed by atoms with E-state index in [1.54, 1.807) is 0 Å². The van der Waals surface area contributed by atoms with E-state index in [9.17, 15) is 9.18 Å². The molecule has 0 saturated heterocycles. The van der Waals surface area contributed by atoms with Gasteiger partial charge in [-0.2, -0.15) is 0 Å². The fourth-order valence-corrected chi connectivity index (χ4v) is 1.91. The Bertz CT molecular complexity index is 467. The summed E-state index contributed by atoms with van der Waals surface area (Å²) < 4.78 is 12.6. The topological polar surface area (TPSA) is 42.0 Å². The maximum Gasteiger partial charge on any atom is 0.230 e. The van der Waals surface area contributed by atoms with E-state index in [-0.39, 0.29) is 5.91 Å². The van der Waals surface area contributed by atoms with Crippen molar-refractivity contribution in [2.24, 2.45) is 0 Å². The molecule has 0 spiro atoms. The number of hydrogen-bond donors (Lipinski definition) is 1. The first kappa shape index (κ1) is 10.8. The van der Waals surface area contributed by atoms with Gasteiger partial charge in [-0.25, -0.2) is 9.37 Å². The van der Waals surface area contributed by atoms with Crippen LogP contribution in [-0.4, -0.2) is 10.9 Å². The summed E-state index contributed by atoms with van der Waals surface area (Å²) in [6.45, 7) is 0. The molecule has 0 radical (unpaired) electrons. The Labute approximate surface area is 96.0 Å². The summed E-state index contributed by atoms with van der Waals surface area (Å²) in [6, 6.07) is 6.47. The Kier molecular flexibility index (Phi) is 3.26. The molecule has 1 N–H and O–H groups in total. The van der Waals surface area contributed by atoms with Crippen molar-refractivity contribution in [3.05, 3.63) is 46.5 Å². The van der Waals surface area contributed by atoms with Gasteiger partial charge in [0.1, 0.15) is 11.6 Å². The number of anilines is 1. The molecule has 0 aromatic carbocycles. The van der Waals surface area contributed by atoms with E-state index in [2.05, 4.69) is 10.3 Å². The molecule has 16 heavy (non-hydrogen) atoms. The molecule has 2 aromatic rings. The molecule has 0 saturated carbocycles. The summed E-state index contributed by atoms with van der Waals surface area (Å²) >= 11 is 1.52. The van der Waals surface area contributed by atoms with Crippen molar-refractivity contribution in [2.75, 3.05) is 5.32 Å². The van der Waals surface area contributed by atoms with Gasteiger partial charge in [0.2, 0.25) is 5.91 Å². The van der Waals surface area contributed by atoms with Gasteiger partial charge in [0.15, 0.2) is 0 Å². The number of pyridine rings is 1. The highest BCUT2D eigenvalue weighted by molar-refractivity contribution is 7.10. The first-order valence-electron chi connectivity index (χ1n) is 4.68. The Morgan fingerprint density at radius 1 is 1.44 bits per heavy atom. The van der Waals surface area contributed by atoms with Crippen molar-refractivity contribution in [3.8, 4) is 0 Å². The summed E-state index contributed by atoms with van der Waals surface area (Å²) in [5, 5.41) is 4.51. The molecule has 0 aliphatic heterocycles. The summed E-state index contributed by atoms with van der Waals surface area (Å²) in [4.78, 5) is 16.3. The zero-order valence-corrected chi connectivity index (χ0v) is 9.13. The normalized spacial score (nSPS) is 10.1. The van der Waals surface area contributed by atoms with E-state index in [4.69, 9.17) is 0 Å². The smallest absolute Gasteiger partial charge is 0.230 e. The predicted molar refractivity (Wildman–Crippen MR) is 60.8 cm³/mol. The van der Waals surface area contributed by atoms with Gasteiger partial charge in [0, 0.05) is 4.88 Å². The second-order valence-electron chi connectivity index (χ2n) is 3.17. The van der Waals surface area contributed by atoms with Crippen molar-refractivity contribution in [3.63, 3.8) is 0 Å². The Morgan fingerprint density at radius 2 is 2.31 bits per heavy atom. The third-order valence-electron chi connectivity index (χ3n) is 1.91. The molecule has 2 aromatic heterocycles. The molecule has 0 fully saturated rings. The molecule has 2 heterocycles. The Morgan fingerprint density at radius 3 is 2.94 bits per heavy atom. The van der Waals surface area contributed by atoms with Crippen LogP contribution in [0.5, 0.6) is 0 Å². The van der Waals surface area contributed by atoms with Crippen LogP contribution in [-0.2, 0) is 11.2 Å². The molecule has 3 nitrogen and oxygen atoms in total. The molecular weight excluding hydrogens is 227 g/mol. The maximum atomic E-state index is 12.6. The van der Waals surface area contributed by atoms with Crippen LogP contribution in [0.25, 0.3) is 0 Å². The second-order valence-corrected chi connectivity index (χ2v) is 4.20. The molecule has 5 heteroatoms. The van der Waals surface area contributed by atoms with Gasteiger partial charge in [-0.3, -0.25) is 4.79 Å². The van der Waals surface area contributed by atoms with Gasteiger partial charge in [0.25, 0.3) is 0 Å². The second kappa shape index (κ2) is 4.85. The van der Waals surface area contributed by atoms with Gasteiger partial charge >= 0.3 is 0 Å². The third kappa shape index (κ3) is 2.87. The van der Waals surface area contributed by atoms with Gasteiger partial charge in [-0.05, 0) is 23.6 Å². The number of nitrogens with zero attached hydrogens (tertiary/aromatic N) is 1. The number of amides is 1. The van der Waals surface area contributed by atoms with E-state index < -0.39 is 5.82 Å². The first-order valence-corrected chi connectivity index (χ1v) is 5.56. The number of nitrogens with one attached hydrogen (secondary N) is 1. The molecule has 0 bridgehead atoms. The van der Waals surface area contributed by atoms with Crippen molar-refractivity contribution in [2.45, 2.75) is 6.42 Å². The SMILES string of the molecule is O=C(Cc1cccs1)Nc1ccc(F)cn1. The van der Waals surface area contributed by atoms with E-state index in [0.717, 1.165) is 11.1 Å². The Hall–Kier alpha value is -1.75. The van der Waals surface area contributed by atoms with Gasteiger partial charge in [-0.1, -0.05) is 6.07 Å². The van der Waals surface area contributed by atoms with E-state index in [1.165, 1.54) is 23.5 Å². The van der Waals surface area contributed by atoms with Crippen LogP contribution in [0.15, 0.2) is 35.8 Å². The molecule has 0 unspecified atom stereocenters. The highest BCUT2D eigenvalue weighted by Gasteiger charge is 2.05. The Balaban J connectivity index is 1.95. The zero-order valence-electron chi connectivity index (χ0n) is 8.31. The van der Waals surface area contributed by atoms with Crippen molar-refractivity contribution < 1.29 is 9.18 Å². The van der Waals surface area contributed by atoms with Crippen molar-refractivity contribution in [1.29, 1.82) is 0 Å². The average molecular weight is 236 g/mol. The minimum absolute atomic E-state index is 0.151. The number of halogens is 1. The summed E-state index contributed by atoms with van der Waals surface area (Å²) in [5.74, 6) is -0.208. The lowest BCUT2D eigenvalue weighted by atomic mass is 10.3. The highest BCUT2D eigenvalue weighted by Crippen LogP contribution is 2.10. The van der Waals surface area contributed by atoms with Crippen LogP contribution >= 0.6 is 11.3 Å². The molecular formula is C11H9FN2OS. The largest absolute Gasteiger partial charge is 0.310 e. The summed E-state index contributed by atoms with van der Waals surface area (Å²) in [6.07, 6.45) is 1.39. The molecule has 2 rings (SSSR count). The van der Waals surface area contributed by atoms with Crippen LogP contribution in [0.4, 0.5) is 10.2 Å². The number of aromatic nitrogens is 1. The number of rotatable bonds is 3. The van der Waals surface area contributed by atoms with Crippen LogP contribution in [0.3, 0.4) is 0 Å². The van der Waals surface area contributed by atoms with Crippen LogP contribution in [0.2, 0.25) is 0 Å². The minimum Gasteiger partial charge on any atom is -0.310 e. The lowest BCUT2D eigenvalue weighted by molar-refractivity contribution is -0.115. The number of hydrogen-bond acceptors (Lipinski definition) is 3. The standard InChI is InChI=1S/C11H9FN2OS/c12-8-3-4-10(13-7-8)14-11(15)6-9-2-1-5-16-9/h1-5,7H,6H2,(H,13,14,15). The molecule has 0 aliphatic carbocycles. The number of carbonyl (C=O) groups excluding carboxylic acids is 1. The molecule has 1 amide bonds. The fourth-order valence-electron chi connectivity index (χ4n) is 1.21. The van der Waals surface area contributed by atoms with Crippen molar-refractivity contribution in [1.82, 2.24) is 4.98 Å². The third-order valence-corrected chi connectivity index (χ3v) is 2.79. The van der Waals surface area contributed by atoms with Crippen LogP contribution in [0, 0.1) is 5.82 Å². The minimum atomic E-state index is -0.420. The highest BCUT2D eigenvalue weighted by atomic mass is 32.1. The average Bonchev–Trinajstić information content (AvgIpc) is 2.74. The maximum absolute atomic E-state index is 12.6. The lowest BCUT2D eigenvalue weighted by Crippen LogP contribution is -2.14. The molecule has 0 aliphatic rings. The summed E-state index contributed by atoms with van der Waals surface area (Å²) in [7, 11) is 0. The zero-order chi connectivity index (χ0) is 11.4. The van der Waals surface area contributed by atoms with E-state index in [1.807, 2.05) is 17.5 Å². The van der Waals surface area contributed by atoms with E-state index in [0.29, 0.717) is 12.2 Å². The monoisotopic (exact) mass is 236 g/mol. The molecule has 0 atom stereocenters. The number of thiophene rings is 1. The van der Waals surface area contributed by atoms with Crippen LogP contribution in [0.1, 0.15) is 4.88 Å². The van der Waals surface area contributed by atoms with E-state index >= 15 is 0 Å². The lowest BCUT2D eigenvalue weighted by Gasteiger charge is -2.02. The van der Waals surface area contributed by atoms with Gasteiger partial charge in [-0.15, -0.1) is 11.3 Å². The fraction of sp³-hybridized carbons (Fsp3) is 0.0909.